The molecule has 0 aromatic rings. The van der Waals surface area contributed by atoms with Crippen LogP contribution >= 0.6 is 0 Å². The predicted molar refractivity (Wildman–Crippen MR) is 61.1 cm³/mol. The maximum absolute atomic E-state index is 11.8. The molecule has 0 aromatic carbocycles. The van der Waals surface area contributed by atoms with Crippen molar-refractivity contribution < 1.29 is 14.3 Å². The Morgan fingerprint density at radius 1 is 1.69 bits per heavy atom. The normalized spacial score (nSPS) is 27.4. The second-order valence-electron chi connectivity index (χ2n) is 4.59. The second kappa shape index (κ2) is 6.18. The molecule has 2 unspecified atom stereocenters. The van der Waals surface area contributed by atoms with Crippen molar-refractivity contribution in [2.45, 2.75) is 37.8 Å². The fourth-order valence-corrected chi connectivity index (χ4v) is 1.80. The fourth-order valence-electron chi connectivity index (χ4n) is 1.80. The molecule has 94 valence electrons. The van der Waals surface area contributed by atoms with Crippen molar-refractivity contribution in [3.05, 3.63) is 0 Å². The third-order valence-corrected chi connectivity index (χ3v) is 2.83. The smallest absolute Gasteiger partial charge is 0.237 e. The van der Waals surface area contributed by atoms with Crippen LogP contribution in [0.5, 0.6) is 0 Å². The Hall–Kier alpha value is -0.650. The van der Waals surface area contributed by atoms with Crippen molar-refractivity contribution in [2.24, 2.45) is 5.73 Å². The minimum Gasteiger partial charge on any atom is -0.385 e. The first-order valence-electron chi connectivity index (χ1n) is 5.72. The van der Waals surface area contributed by atoms with E-state index in [9.17, 15) is 4.79 Å². The summed E-state index contributed by atoms with van der Waals surface area (Å²) in [6.45, 7) is 3.84. The zero-order chi connectivity index (χ0) is 12.0. The number of methoxy groups -OCH3 is 1. The summed E-state index contributed by atoms with van der Waals surface area (Å²) in [6, 6.07) is -0.501. The molecule has 2 atom stereocenters. The number of hydrogen-bond acceptors (Lipinski definition) is 4. The molecule has 0 bridgehead atoms. The van der Waals surface area contributed by atoms with Crippen LogP contribution in [0.2, 0.25) is 0 Å². The van der Waals surface area contributed by atoms with Crippen molar-refractivity contribution in [3.63, 3.8) is 0 Å². The lowest BCUT2D eigenvalue weighted by molar-refractivity contribution is -0.126. The molecular weight excluding hydrogens is 208 g/mol. The average molecular weight is 230 g/mol. The molecule has 1 saturated heterocycles. The topological polar surface area (TPSA) is 73.6 Å². The van der Waals surface area contributed by atoms with Gasteiger partial charge in [-0.25, -0.2) is 0 Å². The zero-order valence-electron chi connectivity index (χ0n) is 10.1. The highest BCUT2D eigenvalue weighted by Gasteiger charge is 2.30. The van der Waals surface area contributed by atoms with Gasteiger partial charge in [0.05, 0.1) is 18.2 Å². The molecule has 1 aliphatic rings. The summed E-state index contributed by atoms with van der Waals surface area (Å²) in [6.07, 6.45) is 2.46. The van der Waals surface area contributed by atoms with Gasteiger partial charge in [0.1, 0.15) is 0 Å². The van der Waals surface area contributed by atoms with E-state index in [2.05, 4.69) is 5.32 Å². The Morgan fingerprint density at radius 2 is 2.44 bits per heavy atom. The van der Waals surface area contributed by atoms with Crippen LogP contribution in [0, 0.1) is 0 Å². The molecule has 1 fully saturated rings. The Kier molecular flexibility index (Phi) is 5.18. The van der Waals surface area contributed by atoms with Crippen LogP contribution < -0.4 is 11.1 Å². The van der Waals surface area contributed by atoms with Crippen LogP contribution in [-0.2, 0) is 14.3 Å². The van der Waals surface area contributed by atoms with Gasteiger partial charge in [-0.05, 0) is 26.2 Å². The van der Waals surface area contributed by atoms with E-state index in [1.54, 1.807) is 7.11 Å². The summed E-state index contributed by atoms with van der Waals surface area (Å²) in [7, 11) is 1.60. The number of carbonyl (C=O) groups is 1. The van der Waals surface area contributed by atoms with E-state index in [1.807, 2.05) is 6.92 Å². The largest absolute Gasteiger partial charge is 0.385 e. The number of ether oxygens (including phenoxy) is 2. The van der Waals surface area contributed by atoms with Crippen LogP contribution in [-0.4, -0.2) is 44.4 Å². The molecule has 0 radical (unpaired) electrons. The van der Waals surface area contributed by atoms with Gasteiger partial charge in [-0.2, -0.15) is 0 Å². The highest BCUT2D eigenvalue weighted by atomic mass is 16.5. The summed E-state index contributed by atoms with van der Waals surface area (Å²) in [5.74, 6) is -0.120. The molecule has 16 heavy (non-hydrogen) atoms. The van der Waals surface area contributed by atoms with E-state index in [-0.39, 0.29) is 11.4 Å². The molecule has 5 nitrogen and oxygen atoms in total. The predicted octanol–water partition coefficient (Wildman–Crippen LogP) is 0.0355. The van der Waals surface area contributed by atoms with Crippen LogP contribution in [0.15, 0.2) is 0 Å². The lowest BCUT2D eigenvalue weighted by Crippen LogP contribution is -2.56. The molecule has 0 aromatic heterocycles. The second-order valence-corrected chi connectivity index (χ2v) is 4.59. The van der Waals surface area contributed by atoms with Crippen LogP contribution in [0.1, 0.15) is 26.2 Å². The summed E-state index contributed by atoms with van der Waals surface area (Å²) < 4.78 is 10.3. The standard InChI is InChI=1S/C11H22N2O3/c1-11(5-3-6-16-8-11)13-10(14)9(12)4-7-15-2/h9H,3-8,12H2,1-2H3,(H,13,14). The molecule has 5 heteroatoms. The quantitative estimate of drug-likeness (QED) is 0.699. The van der Waals surface area contributed by atoms with Gasteiger partial charge < -0.3 is 20.5 Å². The maximum atomic E-state index is 11.8. The van der Waals surface area contributed by atoms with Gasteiger partial charge in [0.25, 0.3) is 0 Å². The number of rotatable bonds is 5. The highest BCUT2D eigenvalue weighted by Crippen LogP contribution is 2.18. The Balaban J connectivity index is 2.36. The van der Waals surface area contributed by atoms with Crippen molar-refractivity contribution >= 4 is 5.91 Å². The van der Waals surface area contributed by atoms with E-state index in [1.165, 1.54) is 0 Å². The highest BCUT2D eigenvalue weighted by molar-refractivity contribution is 5.82. The van der Waals surface area contributed by atoms with Gasteiger partial charge >= 0.3 is 0 Å². The molecule has 1 amide bonds. The van der Waals surface area contributed by atoms with E-state index in [4.69, 9.17) is 15.2 Å². The van der Waals surface area contributed by atoms with Crippen molar-refractivity contribution in [1.29, 1.82) is 0 Å². The van der Waals surface area contributed by atoms with Crippen molar-refractivity contribution in [2.75, 3.05) is 26.9 Å². The fraction of sp³-hybridized carbons (Fsp3) is 0.909. The summed E-state index contributed by atoms with van der Waals surface area (Å²) in [5, 5.41) is 2.96. The van der Waals surface area contributed by atoms with E-state index < -0.39 is 6.04 Å². The molecule has 1 heterocycles. The molecule has 3 N–H and O–H groups in total. The van der Waals surface area contributed by atoms with Crippen LogP contribution in [0.3, 0.4) is 0 Å². The van der Waals surface area contributed by atoms with E-state index in [0.29, 0.717) is 19.6 Å². The third kappa shape index (κ3) is 4.08. The molecule has 0 saturated carbocycles. The van der Waals surface area contributed by atoms with Crippen molar-refractivity contribution in [1.82, 2.24) is 5.32 Å². The molecule has 0 spiro atoms. The Bertz CT molecular complexity index is 227. The number of amides is 1. The lowest BCUT2D eigenvalue weighted by atomic mass is 9.94. The van der Waals surface area contributed by atoms with Gasteiger partial charge in [-0.15, -0.1) is 0 Å². The summed E-state index contributed by atoms with van der Waals surface area (Å²) >= 11 is 0. The van der Waals surface area contributed by atoms with Gasteiger partial charge in [0.2, 0.25) is 5.91 Å². The first kappa shape index (κ1) is 13.4. The summed E-state index contributed by atoms with van der Waals surface area (Å²) in [5.41, 5.74) is 5.48. The molecule has 1 rings (SSSR count). The number of nitrogens with two attached hydrogens (primary N) is 1. The van der Waals surface area contributed by atoms with E-state index in [0.717, 1.165) is 19.4 Å². The maximum Gasteiger partial charge on any atom is 0.237 e. The molecule has 0 aliphatic carbocycles. The first-order valence-corrected chi connectivity index (χ1v) is 5.72. The third-order valence-electron chi connectivity index (χ3n) is 2.83. The van der Waals surface area contributed by atoms with E-state index >= 15 is 0 Å². The number of nitrogens with one attached hydrogen (secondary N) is 1. The first-order chi connectivity index (χ1) is 7.57. The number of hydrogen-bond donors (Lipinski definition) is 2. The zero-order valence-corrected chi connectivity index (χ0v) is 10.1. The van der Waals surface area contributed by atoms with Crippen LogP contribution in [0.25, 0.3) is 0 Å². The molecular formula is C11H22N2O3. The summed E-state index contributed by atoms with van der Waals surface area (Å²) in [4.78, 5) is 11.8. The SMILES string of the molecule is COCCC(N)C(=O)NC1(C)CCCOC1. The van der Waals surface area contributed by atoms with Gasteiger partial charge in [0, 0.05) is 20.3 Å². The Labute approximate surface area is 96.7 Å². The van der Waals surface area contributed by atoms with Crippen LogP contribution in [0.4, 0.5) is 0 Å². The molecule has 1 aliphatic heterocycles. The number of carbonyl (C=O) groups excluding carboxylic acids is 1. The van der Waals surface area contributed by atoms with Gasteiger partial charge in [0.15, 0.2) is 0 Å². The van der Waals surface area contributed by atoms with Gasteiger partial charge in [-0.1, -0.05) is 0 Å². The monoisotopic (exact) mass is 230 g/mol. The lowest BCUT2D eigenvalue weighted by Gasteiger charge is -2.35. The Morgan fingerprint density at radius 3 is 3.00 bits per heavy atom. The minimum atomic E-state index is -0.501. The minimum absolute atomic E-state index is 0.120. The average Bonchev–Trinajstić information content (AvgIpc) is 2.26. The van der Waals surface area contributed by atoms with Gasteiger partial charge in [-0.3, -0.25) is 4.79 Å². The van der Waals surface area contributed by atoms with Crippen molar-refractivity contribution in [3.8, 4) is 0 Å².